The van der Waals surface area contributed by atoms with E-state index in [2.05, 4.69) is 14.9 Å². The van der Waals surface area contributed by atoms with Crippen molar-refractivity contribution in [3.05, 3.63) is 30.5 Å². The lowest BCUT2D eigenvalue weighted by Crippen LogP contribution is -2.29. The molecule has 3 rings (SSSR count). The summed E-state index contributed by atoms with van der Waals surface area (Å²) in [4.78, 5) is 0. The number of nitrogens with zero attached hydrogens (tertiary/aromatic N) is 2. The minimum atomic E-state index is -3.53. The average molecular weight is 280 g/mol. The summed E-state index contributed by atoms with van der Waals surface area (Å²) in [5.41, 5.74) is 1.76. The Morgan fingerprint density at radius 3 is 2.74 bits per heavy atom. The number of H-pyrrole nitrogens is 1. The summed E-state index contributed by atoms with van der Waals surface area (Å²) in [5, 5.41) is 16.6. The summed E-state index contributed by atoms with van der Waals surface area (Å²) in [5.74, 6) is -0.0839. The second kappa shape index (κ2) is 4.25. The van der Waals surface area contributed by atoms with Crippen LogP contribution in [-0.2, 0) is 10.2 Å². The first kappa shape index (κ1) is 12.0. The number of aromatic amines is 1. The Labute approximate surface area is 110 Å². The topological polar surface area (TPSA) is 98.3 Å². The zero-order chi connectivity index (χ0) is 13.5. The number of aromatic hydroxyl groups is 1. The molecule has 0 bridgehead atoms. The summed E-state index contributed by atoms with van der Waals surface area (Å²) in [7, 11) is -3.53. The van der Waals surface area contributed by atoms with E-state index in [4.69, 9.17) is 0 Å². The van der Waals surface area contributed by atoms with Gasteiger partial charge in [-0.3, -0.25) is 9.40 Å². The molecule has 2 heterocycles. The van der Waals surface area contributed by atoms with Crippen molar-refractivity contribution in [3.63, 3.8) is 0 Å². The molecule has 1 aliphatic heterocycles. The Kier molecular flexibility index (Phi) is 2.68. The minimum absolute atomic E-state index is 0.0839. The molecular weight excluding hydrogens is 268 g/mol. The molecule has 1 aliphatic rings. The van der Waals surface area contributed by atoms with Crippen molar-refractivity contribution >= 4 is 15.9 Å². The molecule has 100 valence electrons. The number of nitrogens with one attached hydrogen (secondary N) is 2. The van der Waals surface area contributed by atoms with Crippen LogP contribution in [0, 0.1) is 0 Å². The minimum Gasteiger partial charge on any atom is -0.506 e. The molecule has 0 radical (unpaired) electrons. The number of rotatable bonds is 2. The number of hydrogen-bond acceptors (Lipinski definition) is 4. The number of anilines is 1. The van der Waals surface area contributed by atoms with Crippen molar-refractivity contribution in [2.24, 2.45) is 0 Å². The molecule has 7 nitrogen and oxygen atoms in total. The van der Waals surface area contributed by atoms with Gasteiger partial charge in [0, 0.05) is 24.8 Å². The molecule has 1 saturated heterocycles. The molecule has 0 amide bonds. The summed E-state index contributed by atoms with van der Waals surface area (Å²) in [6.07, 6.45) is 1.61. The summed E-state index contributed by atoms with van der Waals surface area (Å²) in [6.45, 7) is 0.642. The van der Waals surface area contributed by atoms with E-state index in [-0.39, 0.29) is 11.4 Å². The highest BCUT2D eigenvalue weighted by Gasteiger charge is 2.29. The molecule has 1 fully saturated rings. The van der Waals surface area contributed by atoms with Crippen molar-refractivity contribution < 1.29 is 13.5 Å². The fourth-order valence-electron chi connectivity index (χ4n) is 2.04. The predicted octanol–water partition coefficient (Wildman–Crippen LogP) is 0.437. The zero-order valence-corrected chi connectivity index (χ0v) is 10.7. The maximum atomic E-state index is 11.7. The fraction of sp³-hybridized carbons (Fsp3) is 0.182. The number of phenolic OH excluding ortho intramolecular Hbond substituents is 1. The molecule has 19 heavy (non-hydrogen) atoms. The summed E-state index contributed by atoms with van der Waals surface area (Å²) < 4.78 is 27.0. The van der Waals surface area contributed by atoms with Gasteiger partial charge in [-0.25, -0.2) is 0 Å². The van der Waals surface area contributed by atoms with Gasteiger partial charge in [-0.15, -0.1) is 0 Å². The molecule has 0 spiro atoms. The molecule has 0 atom stereocenters. The van der Waals surface area contributed by atoms with Crippen LogP contribution in [0.4, 0.5) is 5.69 Å². The van der Waals surface area contributed by atoms with E-state index in [1.165, 1.54) is 6.07 Å². The number of aromatic nitrogens is 2. The predicted molar refractivity (Wildman–Crippen MR) is 70.0 cm³/mol. The van der Waals surface area contributed by atoms with E-state index in [1.54, 1.807) is 24.4 Å². The highest BCUT2D eigenvalue weighted by molar-refractivity contribution is 7.91. The standard InChI is InChI=1S/C11H12N4O3S/c16-11-7-8(9-3-4-12-14-9)1-2-10(11)15-6-5-13-19(15,17)18/h1-4,7,13,16H,5-6H2,(H,12,14). The second-order valence-corrected chi connectivity index (χ2v) is 5.82. The molecule has 1 aromatic heterocycles. The Bertz CT molecular complexity index is 697. The first-order valence-corrected chi connectivity index (χ1v) is 7.12. The lowest BCUT2D eigenvalue weighted by molar-refractivity contribution is 0.476. The Morgan fingerprint density at radius 1 is 1.32 bits per heavy atom. The van der Waals surface area contributed by atoms with E-state index < -0.39 is 10.2 Å². The first-order valence-electron chi connectivity index (χ1n) is 5.68. The smallest absolute Gasteiger partial charge is 0.301 e. The van der Waals surface area contributed by atoms with Gasteiger partial charge in [0.05, 0.1) is 11.4 Å². The van der Waals surface area contributed by atoms with Gasteiger partial charge in [0.1, 0.15) is 5.75 Å². The third-order valence-electron chi connectivity index (χ3n) is 2.95. The van der Waals surface area contributed by atoms with Crippen molar-refractivity contribution in [1.29, 1.82) is 0 Å². The lowest BCUT2D eigenvalue weighted by Gasteiger charge is -2.17. The Hall–Kier alpha value is -2.06. The monoisotopic (exact) mass is 280 g/mol. The molecule has 2 aromatic rings. The molecule has 8 heteroatoms. The van der Waals surface area contributed by atoms with Gasteiger partial charge in [-0.2, -0.15) is 18.2 Å². The number of phenols is 1. The maximum absolute atomic E-state index is 11.7. The van der Waals surface area contributed by atoms with E-state index in [0.717, 1.165) is 15.6 Å². The molecular formula is C11H12N4O3S. The third-order valence-corrected chi connectivity index (χ3v) is 4.47. The SMILES string of the molecule is O=S1(=O)NCCN1c1ccc(-c2ccn[nH]2)cc1O. The number of benzene rings is 1. The highest BCUT2D eigenvalue weighted by Crippen LogP contribution is 2.33. The van der Waals surface area contributed by atoms with Crippen molar-refractivity contribution in [3.8, 4) is 17.0 Å². The van der Waals surface area contributed by atoms with Crippen LogP contribution in [0.1, 0.15) is 0 Å². The van der Waals surface area contributed by atoms with Crippen LogP contribution in [0.3, 0.4) is 0 Å². The summed E-state index contributed by atoms with van der Waals surface area (Å²) in [6, 6.07) is 6.59. The van der Waals surface area contributed by atoms with Crippen LogP contribution < -0.4 is 9.03 Å². The van der Waals surface area contributed by atoms with Gasteiger partial charge < -0.3 is 5.11 Å². The zero-order valence-electron chi connectivity index (χ0n) is 9.87. The van der Waals surface area contributed by atoms with Crippen molar-refractivity contribution in [2.45, 2.75) is 0 Å². The van der Waals surface area contributed by atoms with Crippen molar-refractivity contribution in [1.82, 2.24) is 14.9 Å². The van der Waals surface area contributed by atoms with Crippen LogP contribution in [0.25, 0.3) is 11.3 Å². The third kappa shape index (κ3) is 2.04. The van der Waals surface area contributed by atoms with Crippen LogP contribution in [-0.4, -0.2) is 36.8 Å². The largest absolute Gasteiger partial charge is 0.506 e. The lowest BCUT2D eigenvalue weighted by atomic mass is 10.1. The van der Waals surface area contributed by atoms with Crippen molar-refractivity contribution in [2.75, 3.05) is 17.4 Å². The van der Waals surface area contributed by atoms with Gasteiger partial charge in [-0.05, 0) is 18.2 Å². The Morgan fingerprint density at radius 2 is 2.16 bits per heavy atom. The quantitative estimate of drug-likeness (QED) is 0.743. The molecule has 0 saturated carbocycles. The van der Waals surface area contributed by atoms with Gasteiger partial charge >= 0.3 is 10.2 Å². The molecule has 0 unspecified atom stereocenters. The maximum Gasteiger partial charge on any atom is 0.301 e. The van der Waals surface area contributed by atoms with E-state index in [1.807, 2.05) is 0 Å². The number of hydrogen-bond donors (Lipinski definition) is 3. The van der Waals surface area contributed by atoms with Gasteiger partial charge in [-0.1, -0.05) is 6.07 Å². The van der Waals surface area contributed by atoms with Gasteiger partial charge in [0.2, 0.25) is 0 Å². The molecule has 3 N–H and O–H groups in total. The van der Waals surface area contributed by atoms with Crippen LogP contribution in [0.15, 0.2) is 30.5 Å². The van der Waals surface area contributed by atoms with Gasteiger partial charge in [0.15, 0.2) is 0 Å². The van der Waals surface area contributed by atoms with Gasteiger partial charge in [0.25, 0.3) is 0 Å². The summed E-state index contributed by atoms with van der Waals surface area (Å²) >= 11 is 0. The average Bonchev–Trinajstić information content (AvgIpc) is 2.98. The van der Waals surface area contributed by atoms with Crippen LogP contribution in [0.5, 0.6) is 5.75 Å². The highest BCUT2D eigenvalue weighted by atomic mass is 32.2. The van der Waals surface area contributed by atoms with Crippen LogP contribution >= 0.6 is 0 Å². The fourth-order valence-corrected chi connectivity index (χ4v) is 3.29. The van der Waals surface area contributed by atoms with E-state index >= 15 is 0 Å². The second-order valence-electron chi connectivity index (χ2n) is 4.15. The first-order chi connectivity index (χ1) is 9.08. The normalized spacial score (nSPS) is 17.8. The van der Waals surface area contributed by atoms with Crippen LogP contribution in [0.2, 0.25) is 0 Å². The Balaban J connectivity index is 2.01. The van der Waals surface area contributed by atoms with E-state index in [9.17, 15) is 13.5 Å². The molecule has 1 aromatic carbocycles. The molecule has 0 aliphatic carbocycles. The van der Waals surface area contributed by atoms with E-state index in [0.29, 0.717) is 13.1 Å².